The van der Waals surface area contributed by atoms with Gasteiger partial charge >= 0.3 is 0 Å². The van der Waals surface area contributed by atoms with Crippen molar-refractivity contribution < 1.29 is 0 Å². The molecular formula is C12H24N2. The maximum Gasteiger partial charge on any atom is 0.0125 e. The lowest BCUT2D eigenvalue weighted by atomic mass is 9.86. The topological polar surface area (TPSA) is 38.0 Å². The summed E-state index contributed by atoms with van der Waals surface area (Å²) in [5.74, 6) is 0.895. The fourth-order valence-electron chi connectivity index (χ4n) is 2.52. The van der Waals surface area contributed by atoms with Gasteiger partial charge in [0.2, 0.25) is 0 Å². The van der Waals surface area contributed by atoms with Crippen LogP contribution in [0.15, 0.2) is 0 Å². The zero-order valence-electron chi connectivity index (χ0n) is 9.55. The highest BCUT2D eigenvalue weighted by Crippen LogP contribution is 2.44. The maximum absolute atomic E-state index is 5.89. The minimum absolute atomic E-state index is 0.489. The average molecular weight is 196 g/mol. The van der Waals surface area contributed by atoms with Gasteiger partial charge in [0.15, 0.2) is 0 Å². The SMILES string of the molecule is CC1(C)CC1NCC1CCC(N)CC1. The van der Waals surface area contributed by atoms with Crippen molar-refractivity contribution in [1.29, 1.82) is 0 Å². The molecule has 0 radical (unpaired) electrons. The minimum atomic E-state index is 0.489. The molecule has 0 aromatic heterocycles. The quantitative estimate of drug-likeness (QED) is 0.723. The molecule has 2 heteroatoms. The van der Waals surface area contributed by atoms with Gasteiger partial charge in [-0.1, -0.05) is 13.8 Å². The van der Waals surface area contributed by atoms with Crippen LogP contribution in [0.3, 0.4) is 0 Å². The molecule has 0 amide bonds. The monoisotopic (exact) mass is 196 g/mol. The van der Waals surface area contributed by atoms with E-state index in [2.05, 4.69) is 19.2 Å². The third kappa shape index (κ3) is 2.48. The number of rotatable bonds is 3. The summed E-state index contributed by atoms with van der Waals surface area (Å²) >= 11 is 0. The van der Waals surface area contributed by atoms with Gasteiger partial charge in [-0.05, 0) is 50.0 Å². The molecule has 3 N–H and O–H groups in total. The molecule has 2 fully saturated rings. The Bertz CT molecular complexity index is 192. The summed E-state index contributed by atoms with van der Waals surface area (Å²) in [6.45, 7) is 5.92. The molecule has 0 spiro atoms. The number of nitrogens with one attached hydrogen (secondary N) is 1. The van der Waals surface area contributed by atoms with Crippen LogP contribution in [0, 0.1) is 11.3 Å². The molecule has 0 saturated heterocycles. The van der Waals surface area contributed by atoms with Gasteiger partial charge in [0.25, 0.3) is 0 Å². The molecule has 2 aliphatic rings. The van der Waals surface area contributed by atoms with Crippen LogP contribution < -0.4 is 11.1 Å². The van der Waals surface area contributed by atoms with E-state index in [0.29, 0.717) is 11.5 Å². The standard InChI is InChI=1S/C12H24N2/c1-12(2)7-11(12)14-8-9-3-5-10(13)6-4-9/h9-11,14H,3-8,13H2,1-2H3. The molecule has 2 saturated carbocycles. The smallest absolute Gasteiger partial charge is 0.0125 e. The molecule has 2 rings (SSSR count). The van der Waals surface area contributed by atoms with Crippen molar-refractivity contribution in [2.75, 3.05) is 6.54 Å². The summed E-state index contributed by atoms with van der Waals surface area (Å²) in [5, 5.41) is 3.69. The predicted molar refractivity (Wildman–Crippen MR) is 60.1 cm³/mol. The van der Waals surface area contributed by atoms with E-state index >= 15 is 0 Å². The number of hydrogen-bond acceptors (Lipinski definition) is 2. The van der Waals surface area contributed by atoms with E-state index in [1.165, 1.54) is 38.6 Å². The van der Waals surface area contributed by atoms with Crippen molar-refractivity contribution in [3.05, 3.63) is 0 Å². The van der Waals surface area contributed by atoms with E-state index in [-0.39, 0.29) is 0 Å². The normalized spacial score (nSPS) is 40.9. The third-order valence-electron chi connectivity index (χ3n) is 4.06. The summed E-state index contributed by atoms with van der Waals surface area (Å²) in [4.78, 5) is 0. The van der Waals surface area contributed by atoms with Crippen LogP contribution in [0.25, 0.3) is 0 Å². The van der Waals surface area contributed by atoms with E-state index < -0.39 is 0 Å². The van der Waals surface area contributed by atoms with Crippen LogP contribution >= 0.6 is 0 Å². The van der Waals surface area contributed by atoms with Crippen LogP contribution in [-0.2, 0) is 0 Å². The molecule has 1 atom stereocenters. The summed E-state index contributed by atoms with van der Waals surface area (Å²) in [5.41, 5.74) is 6.46. The number of nitrogens with two attached hydrogens (primary N) is 1. The second kappa shape index (κ2) is 3.82. The molecule has 0 aromatic rings. The molecule has 1 unspecified atom stereocenters. The Morgan fingerprint density at radius 3 is 2.29 bits per heavy atom. The first-order valence-electron chi connectivity index (χ1n) is 6.07. The van der Waals surface area contributed by atoms with Crippen LogP contribution in [0.5, 0.6) is 0 Å². The Hall–Kier alpha value is -0.0800. The molecule has 0 bridgehead atoms. The Balaban J connectivity index is 1.62. The van der Waals surface area contributed by atoms with Crippen molar-refractivity contribution in [2.45, 2.75) is 58.0 Å². The predicted octanol–water partition coefficient (Wildman–Crippen LogP) is 1.89. The van der Waals surface area contributed by atoms with E-state index in [4.69, 9.17) is 5.73 Å². The highest BCUT2D eigenvalue weighted by Gasteiger charge is 2.45. The van der Waals surface area contributed by atoms with Crippen LogP contribution in [0.2, 0.25) is 0 Å². The van der Waals surface area contributed by atoms with Crippen molar-refractivity contribution in [3.8, 4) is 0 Å². The van der Waals surface area contributed by atoms with E-state index in [9.17, 15) is 0 Å². The van der Waals surface area contributed by atoms with Gasteiger partial charge < -0.3 is 11.1 Å². The zero-order chi connectivity index (χ0) is 10.2. The molecular weight excluding hydrogens is 172 g/mol. The number of hydrogen-bond donors (Lipinski definition) is 2. The van der Waals surface area contributed by atoms with Crippen molar-refractivity contribution in [1.82, 2.24) is 5.32 Å². The summed E-state index contributed by atoms with van der Waals surface area (Å²) in [6.07, 6.45) is 6.50. The van der Waals surface area contributed by atoms with Gasteiger partial charge in [-0.3, -0.25) is 0 Å². The Labute approximate surface area is 87.6 Å². The van der Waals surface area contributed by atoms with Crippen LogP contribution in [-0.4, -0.2) is 18.6 Å². The molecule has 0 aromatic carbocycles. The Morgan fingerprint density at radius 1 is 1.21 bits per heavy atom. The summed E-state index contributed by atoms with van der Waals surface area (Å²) in [6, 6.07) is 1.28. The summed E-state index contributed by atoms with van der Waals surface area (Å²) < 4.78 is 0. The fourth-order valence-corrected chi connectivity index (χ4v) is 2.52. The molecule has 14 heavy (non-hydrogen) atoms. The Morgan fingerprint density at radius 2 is 1.79 bits per heavy atom. The first kappa shape index (κ1) is 10.4. The van der Waals surface area contributed by atoms with E-state index in [1.807, 2.05) is 0 Å². The Kier molecular flexibility index (Phi) is 2.85. The third-order valence-corrected chi connectivity index (χ3v) is 4.06. The second-order valence-corrected chi connectivity index (χ2v) is 5.93. The fraction of sp³-hybridized carbons (Fsp3) is 1.00. The highest BCUT2D eigenvalue weighted by atomic mass is 15.0. The molecule has 0 aliphatic heterocycles. The lowest BCUT2D eigenvalue weighted by Crippen LogP contribution is -2.33. The van der Waals surface area contributed by atoms with E-state index in [0.717, 1.165) is 12.0 Å². The van der Waals surface area contributed by atoms with Crippen molar-refractivity contribution in [3.63, 3.8) is 0 Å². The van der Waals surface area contributed by atoms with Gasteiger partial charge in [0, 0.05) is 12.1 Å². The van der Waals surface area contributed by atoms with Crippen LogP contribution in [0.4, 0.5) is 0 Å². The van der Waals surface area contributed by atoms with Gasteiger partial charge in [-0.25, -0.2) is 0 Å². The summed E-state index contributed by atoms with van der Waals surface area (Å²) in [7, 11) is 0. The molecule has 2 aliphatic carbocycles. The average Bonchev–Trinajstić information content (AvgIpc) is 2.73. The van der Waals surface area contributed by atoms with Crippen molar-refractivity contribution >= 4 is 0 Å². The first-order valence-corrected chi connectivity index (χ1v) is 6.07. The van der Waals surface area contributed by atoms with Crippen LogP contribution in [0.1, 0.15) is 46.0 Å². The first-order chi connectivity index (χ1) is 6.58. The lowest BCUT2D eigenvalue weighted by molar-refractivity contribution is 0.310. The molecule has 0 heterocycles. The van der Waals surface area contributed by atoms with Gasteiger partial charge in [0.05, 0.1) is 0 Å². The zero-order valence-corrected chi connectivity index (χ0v) is 9.55. The van der Waals surface area contributed by atoms with Gasteiger partial charge in [0.1, 0.15) is 0 Å². The largest absolute Gasteiger partial charge is 0.328 e. The van der Waals surface area contributed by atoms with E-state index in [1.54, 1.807) is 0 Å². The highest BCUT2D eigenvalue weighted by molar-refractivity contribution is 5.01. The lowest BCUT2D eigenvalue weighted by Gasteiger charge is -2.26. The molecule has 82 valence electrons. The minimum Gasteiger partial charge on any atom is -0.328 e. The molecule has 2 nitrogen and oxygen atoms in total. The maximum atomic E-state index is 5.89. The second-order valence-electron chi connectivity index (χ2n) is 5.93. The van der Waals surface area contributed by atoms with Crippen molar-refractivity contribution in [2.24, 2.45) is 17.1 Å². The van der Waals surface area contributed by atoms with Gasteiger partial charge in [-0.15, -0.1) is 0 Å². The van der Waals surface area contributed by atoms with Gasteiger partial charge in [-0.2, -0.15) is 0 Å².